The first-order valence-corrected chi connectivity index (χ1v) is 9.17. The number of hydrogen-bond donors (Lipinski definition) is 2. The second kappa shape index (κ2) is 9.80. The van der Waals surface area contributed by atoms with Gasteiger partial charge >= 0.3 is 5.97 Å². The van der Waals surface area contributed by atoms with E-state index in [4.69, 9.17) is 9.47 Å². The molecule has 0 aliphatic carbocycles. The number of ether oxygens (including phenoxy) is 2. The minimum Gasteiger partial charge on any atom is -0.486 e. The zero-order chi connectivity index (χ0) is 18.5. The Morgan fingerprint density at radius 3 is 2.78 bits per heavy atom. The van der Waals surface area contributed by atoms with Gasteiger partial charge in [0.15, 0.2) is 11.5 Å². The second-order valence-corrected chi connectivity index (χ2v) is 6.87. The summed E-state index contributed by atoms with van der Waals surface area (Å²) in [5.74, 6) is 0.295. The normalized spacial score (nSPS) is 20.3. The molecule has 1 amide bonds. The maximum Gasteiger partial charge on any atom is 0.307 e. The molecule has 0 radical (unpaired) electrons. The molecule has 2 N–H and O–H groups in total. The molecule has 27 heavy (non-hydrogen) atoms. The number of nitrogens with zero attached hydrogens (tertiary/aromatic N) is 1. The first kappa shape index (κ1) is 21.3. The van der Waals surface area contributed by atoms with Gasteiger partial charge in [-0.3, -0.25) is 14.5 Å². The molecule has 2 atom stereocenters. The Hall–Kier alpha value is -1.99. The Kier molecular flexibility index (Phi) is 7.74. The van der Waals surface area contributed by atoms with Crippen molar-refractivity contribution in [2.75, 3.05) is 32.8 Å². The third-order valence-corrected chi connectivity index (χ3v) is 5.05. The van der Waals surface area contributed by atoms with Gasteiger partial charge in [0, 0.05) is 13.1 Å². The van der Waals surface area contributed by atoms with Gasteiger partial charge < -0.3 is 19.9 Å². The summed E-state index contributed by atoms with van der Waals surface area (Å²) in [5, 5.41) is 12.1. The quantitative estimate of drug-likeness (QED) is 0.758. The van der Waals surface area contributed by atoms with Gasteiger partial charge in [-0.15, -0.1) is 12.4 Å². The monoisotopic (exact) mass is 398 g/mol. The fourth-order valence-electron chi connectivity index (χ4n) is 3.45. The number of carbonyl (C=O) groups is 2. The SMILES string of the molecule is CC(C(=O)NCCc1ccc2c(c1)OCCO2)N1CCCC(C(=O)O)C1.Cl. The summed E-state index contributed by atoms with van der Waals surface area (Å²) in [6, 6.07) is 5.50. The van der Waals surface area contributed by atoms with Crippen molar-refractivity contribution >= 4 is 24.3 Å². The van der Waals surface area contributed by atoms with Crippen molar-refractivity contribution in [3.63, 3.8) is 0 Å². The van der Waals surface area contributed by atoms with Gasteiger partial charge in [0.2, 0.25) is 5.91 Å². The molecule has 0 saturated carbocycles. The van der Waals surface area contributed by atoms with Crippen LogP contribution in [0.3, 0.4) is 0 Å². The van der Waals surface area contributed by atoms with E-state index in [1.807, 2.05) is 30.0 Å². The summed E-state index contributed by atoms with van der Waals surface area (Å²) in [6.07, 6.45) is 2.20. The molecule has 0 spiro atoms. The molecule has 1 fully saturated rings. The number of aliphatic carboxylic acids is 1. The fourth-order valence-corrected chi connectivity index (χ4v) is 3.45. The van der Waals surface area contributed by atoms with Crippen LogP contribution in [0.1, 0.15) is 25.3 Å². The second-order valence-electron chi connectivity index (χ2n) is 6.87. The van der Waals surface area contributed by atoms with Crippen molar-refractivity contribution in [2.45, 2.75) is 32.2 Å². The van der Waals surface area contributed by atoms with Crippen LogP contribution < -0.4 is 14.8 Å². The molecular formula is C19H27ClN2O5. The zero-order valence-corrected chi connectivity index (χ0v) is 16.3. The highest BCUT2D eigenvalue weighted by Crippen LogP contribution is 2.30. The number of piperidine rings is 1. The average molecular weight is 399 g/mol. The zero-order valence-electron chi connectivity index (χ0n) is 15.5. The van der Waals surface area contributed by atoms with E-state index in [9.17, 15) is 14.7 Å². The summed E-state index contributed by atoms with van der Waals surface area (Å²) in [7, 11) is 0. The van der Waals surface area contributed by atoms with Crippen molar-refractivity contribution in [2.24, 2.45) is 5.92 Å². The van der Waals surface area contributed by atoms with Crippen molar-refractivity contribution in [1.82, 2.24) is 10.2 Å². The van der Waals surface area contributed by atoms with E-state index in [0.29, 0.717) is 39.1 Å². The number of nitrogens with one attached hydrogen (secondary N) is 1. The largest absolute Gasteiger partial charge is 0.486 e. The van der Waals surface area contributed by atoms with Gasteiger partial charge in [-0.05, 0) is 50.4 Å². The van der Waals surface area contributed by atoms with E-state index in [-0.39, 0.29) is 30.3 Å². The van der Waals surface area contributed by atoms with Crippen LogP contribution in [0.15, 0.2) is 18.2 Å². The number of carbonyl (C=O) groups excluding carboxylic acids is 1. The number of rotatable bonds is 6. The van der Waals surface area contributed by atoms with Crippen LogP contribution in [0.25, 0.3) is 0 Å². The molecule has 2 heterocycles. The van der Waals surface area contributed by atoms with Gasteiger partial charge in [-0.25, -0.2) is 0 Å². The van der Waals surface area contributed by atoms with Crippen molar-refractivity contribution in [3.05, 3.63) is 23.8 Å². The van der Waals surface area contributed by atoms with E-state index < -0.39 is 5.97 Å². The molecule has 8 heteroatoms. The number of likely N-dealkylation sites (tertiary alicyclic amines) is 1. The first-order chi connectivity index (χ1) is 12.5. The minimum atomic E-state index is -0.777. The molecule has 2 unspecified atom stereocenters. The molecule has 1 saturated heterocycles. The molecule has 2 aliphatic rings. The Morgan fingerprint density at radius 1 is 1.30 bits per heavy atom. The Bertz CT molecular complexity index is 670. The molecule has 3 rings (SSSR count). The summed E-state index contributed by atoms with van der Waals surface area (Å²) in [4.78, 5) is 25.5. The number of benzene rings is 1. The molecule has 2 aliphatic heterocycles. The van der Waals surface area contributed by atoms with Gasteiger partial charge in [0.1, 0.15) is 13.2 Å². The first-order valence-electron chi connectivity index (χ1n) is 9.17. The smallest absolute Gasteiger partial charge is 0.307 e. The van der Waals surface area contributed by atoms with E-state index in [1.54, 1.807) is 0 Å². The Labute approximate surface area is 165 Å². The highest BCUT2D eigenvalue weighted by molar-refractivity contribution is 5.85. The highest BCUT2D eigenvalue weighted by Gasteiger charge is 2.30. The average Bonchev–Trinajstić information content (AvgIpc) is 2.67. The standard InChI is InChI=1S/C19H26N2O5.ClH/c1-13(21-8-2-3-15(12-21)19(23)24)18(22)20-7-6-14-4-5-16-17(11-14)26-10-9-25-16;/h4-5,11,13,15H,2-3,6-10,12H2,1H3,(H,20,22)(H,23,24);1H. The third-order valence-electron chi connectivity index (χ3n) is 5.05. The lowest BCUT2D eigenvalue weighted by molar-refractivity contribution is -0.145. The van der Waals surface area contributed by atoms with Crippen LogP contribution >= 0.6 is 12.4 Å². The van der Waals surface area contributed by atoms with Crippen LogP contribution in [-0.4, -0.2) is 60.8 Å². The Morgan fingerprint density at radius 2 is 2.04 bits per heavy atom. The van der Waals surface area contributed by atoms with E-state index >= 15 is 0 Å². The summed E-state index contributed by atoms with van der Waals surface area (Å²) in [5.41, 5.74) is 1.08. The van der Waals surface area contributed by atoms with Crippen molar-refractivity contribution in [1.29, 1.82) is 0 Å². The van der Waals surface area contributed by atoms with Crippen molar-refractivity contribution in [3.8, 4) is 11.5 Å². The number of carboxylic acids is 1. The third kappa shape index (κ3) is 5.49. The summed E-state index contributed by atoms with van der Waals surface area (Å²) in [6.45, 7) is 4.69. The topological polar surface area (TPSA) is 88.1 Å². The molecule has 7 nitrogen and oxygen atoms in total. The summed E-state index contributed by atoms with van der Waals surface area (Å²) < 4.78 is 11.1. The van der Waals surface area contributed by atoms with Crippen LogP contribution in [-0.2, 0) is 16.0 Å². The summed E-state index contributed by atoms with van der Waals surface area (Å²) >= 11 is 0. The highest BCUT2D eigenvalue weighted by atomic mass is 35.5. The van der Waals surface area contributed by atoms with Crippen LogP contribution in [0, 0.1) is 5.92 Å². The lowest BCUT2D eigenvalue weighted by atomic mass is 9.97. The van der Waals surface area contributed by atoms with Gasteiger partial charge in [-0.1, -0.05) is 6.07 Å². The number of fused-ring (bicyclic) bond motifs is 1. The van der Waals surface area contributed by atoms with E-state index in [2.05, 4.69) is 5.32 Å². The lowest BCUT2D eigenvalue weighted by Gasteiger charge is -2.34. The maximum absolute atomic E-state index is 12.4. The predicted molar refractivity (Wildman–Crippen MR) is 103 cm³/mol. The van der Waals surface area contributed by atoms with Gasteiger partial charge in [0.05, 0.1) is 12.0 Å². The van der Waals surface area contributed by atoms with Gasteiger partial charge in [-0.2, -0.15) is 0 Å². The van der Waals surface area contributed by atoms with Crippen LogP contribution in [0.5, 0.6) is 11.5 Å². The molecule has 0 aromatic heterocycles. The molecule has 150 valence electrons. The minimum absolute atomic E-state index is 0. The van der Waals surface area contributed by atoms with Crippen LogP contribution in [0.4, 0.5) is 0 Å². The maximum atomic E-state index is 12.4. The number of hydrogen-bond acceptors (Lipinski definition) is 5. The number of amides is 1. The number of halogens is 1. The molecule has 0 bridgehead atoms. The fraction of sp³-hybridized carbons (Fsp3) is 0.579. The predicted octanol–water partition coefficient (Wildman–Crippen LogP) is 1.72. The molecular weight excluding hydrogens is 372 g/mol. The van der Waals surface area contributed by atoms with E-state index in [0.717, 1.165) is 30.0 Å². The Balaban J connectivity index is 0.00000261. The molecule has 1 aromatic rings. The molecule has 1 aromatic carbocycles. The van der Waals surface area contributed by atoms with Gasteiger partial charge in [0.25, 0.3) is 0 Å². The lowest BCUT2D eigenvalue weighted by Crippen LogP contribution is -2.50. The number of carboxylic acid groups (broad SMARTS) is 1. The van der Waals surface area contributed by atoms with E-state index in [1.165, 1.54) is 0 Å². The van der Waals surface area contributed by atoms with Crippen LogP contribution in [0.2, 0.25) is 0 Å². The van der Waals surface area contributed by atoms with Crippen molar-refractivity contribution < 1.29 is 24.2 Å².